The van der Waals surface area contributed by atoms with Crippen LogP contribution in [0.15, 0.2) is 84.3 Å². The predicted molar refractivity (Wildman–Crippen MR) is 153 cm³/mol. The molecular weight excluding hydrogens is 492 g/mol. The van der Waals surface area contributed by atoms with E-state index in [4.69, 9.17) is 4.74 Å². The number of aryl methyl sites for hydroxylation is 1. The Hall–Kier alpha value is -3.58. The fraction of sp³-hybridized carbons (Fsp3) is 0.323. The molecule has 196 valence electrons. The van der Waals surface area contributed by atoms with Gasteiger partial charge in [-0.25, -0.2) is 0 Å². The number of benzene rings is 3. The Morgan fingerprint density at radius 1 is 0.947 bits per heavy atom. The number of methoxy groups -OCH3 is 1. The summed E-state index contributed by atoms with van der Waals surface area (Å²) in [5, 5.41) is 12.4. The van der Waals surface area contributed by atoms with Crippen LogP contribution in [-0.4, -0.2) is 40.1 Å². The average Bonchev–Trinajstić information content (AvgIpc) is 3.50. The van der Waals surface area contributed by atoms with Gasteiger partial charge in [-0.15, -0.1) is 10.2 Å². The van der Waals surface area contributed by atoms with Gasteiger partial charge in [0.2, 0.25) is 5.91 Å². The molecule has 0 saturated heterocycles. The molecule has 38 heavy (non-hydrogen) atoms. The fourth-order valence-corrected chi connectivity index (χ4v) is 6.34. The minimum absolute atomic E-state index is 0.0943. The summed E-state index contributed by atoms with van der Waals surface area (Å²) in [5.41, 5.74) is 5.09. The van der Waals surface area contributed by atoms with Gasteiger partial charge in [-0.3, -0.25) is 4.79 Å². The highest BCUT2D eigenvalue weighted by Gasteiger charge is 2.48. The number of hydrogen-bond donors (Lipinski definition) is 1. The maximum absolute atomic E-state index is 14.1. The number of amides is 1. The van der Waals surface area contributed by atoms with Crippen LogP contribution in [0.1, 0.15) is 42.4 Å². The number of aromatic nitrogens is 3. The van der Waals surface area contributed by atoms with Gasteiger partial charge in [-0.2, -0.15) is 0 Å². The van der Waals surface area contributed by atoms with Crippen molar-refractivity contribution < 1.29 is 9.53 Å². The summed E-state index contributed by atoms with van der Waals surface area (Å²) in [6, 6.07) is 24.9. The van der Waals surface area contributed by atoms with Crippen molar-refractivity contribution in [3.63, 3.8) is 0 Å². The molecule has 0 unspecified atom stereocenters. The molecular formula is C31H34N4O2S. The Kier molecular flexibility index (Phi) is 8.13. The van der Waals surface area contributed by atoms with E-state index in [0.717, 1.165) is 59.9 Å². The number of fused-ring (bicyclic) bond motifs is 3. The smallest absolute Gasteiger partial charge is 0.235 e. The van der Waals surface area contributed by atoms with Gasteiger partial charge in [0.05, 0.1) is 7.11 Å². The van der Waals surface area contributed by atoms with E-state index in [-0.39, 0.29) is 5.91 Å². The number of rotatable bonds is 12. The van der Waals surface area contributed by atoms with Gasteiger partial charge in [0.15, 0.2) is 5.16 Å². The van der Waals surface area contributed by atoms with Gasteiger partial charge in [0.1, 0.15) is 17.5 Å². The van der Waals surface area contributed by atoms with Crippen molar-refractivity contribution in [2.24, 2.45) is 7.05 Å². The number of hydrogen-bond acceptors (Lipinski definition) is 5. The molecule has 4 aromatic rings. The number of thioether (sulfide) groups is 1. The topological polar surface area (TPSA) is 69.0 Å². The molecule has 1 aliphatic carbocycles. The van der Waals surface area contributed by atoms with E-state index >= 15 is 0 Å². The molecule has 1 aromatic heterocycles. The standard InChI is InChI=1S/C31H34N4O2S/c1-35-22-33-34-30(35)38-21-9-3-8-19-31(29(36)32-20-18-23-14-16-24(37-2)17-15-23)27-12-6-4-10-25(27)26-11-5-7-13-28(26)31/h4-7,10-17,22H,3,8-9,18-21H2,1-2H3,(H,32,36). The average molecular weight is 527 g/mol. The second kappa shape index (κ2) is 11.9. The summed E-state index contributed by atoms with van der Waals surface area (Å²) in [4.78, 5) is 14.1. The van der Waals surface area contributed by atoms with Gasteiger partial charge < -0.3 is 14.6 Å². The summed E-state index contributed by atoms with van der Waals surface area (Å²) in [6.07, 6.45) is 6.37. The molecule has 1 heterocycles. The molecule has 3 aromatic carbocycles. The quantitative estimate of drug-likeness (QED) is 0.187. The molecule has 7 heteroatoms. The number of carbonyl (C=O) groups excluding carboxylic acids is 1. The lowest BCUT2D eigenvalue weighted by atomic mass is 9.73. The van der Waals surface area contributed by atoms with Crippen molar-refractivity contribution >= 4 is 17.7 Å². The van der Waals surface area contributed by atoms with Gasteiger partial charge in [-0.1, -0.05) is 85.3 Å². The molecule has 0 spiro atoms. The zero-order valence-electron chi connectivity index (χ0n) is 22.0. The number of unbranched alkanes of at least 4 members (excludes halogenated alkanes) is 2. The number of ether oxygens (including phenoxy) is 1. The van der Waals surface area contributed by atoms with Crippen LogP contribution in [-0.2, 0) is 23.7 Å². The molecule has 0 fully saturated rings. The SMILES string of the molecule is COc1ccc(CCNC(=O)C2(CCCCCSc3nncn3C)c3ccccc3-c3ccccc32)cc1. The van der Waals surface area contributed by atoms with E-state index in [0.29, 0.717) is 6.54 Å². The Bertz CT molecular complexity index is 1340. The highest BCUT2D eigenvalue weighted by molar-refractivity contribution is 7.99. The van der Waals surface area contributed by atoms with Crippen LogP contribution in [0, 0.1) is 0 Å². The van der Waals surface area contributed by atoms with E-state index in [9.17, 15) is 4.79 Å². The Morgan fingerprint density at radius 2 is 1.63 bits per heavy atom. The number of nitrogens with one attached hydrogen (secondary N) is 1. The van der Waals surface area contributed by atoms with E-state index in [1.165, 1.54) is 16.7 Å². The van der Waals surface area contributed by atoms with Crippen molar-refractivity contribution in [2.75, 3.05) is 19.4 Å². The van der Waals surface area contributed by atoms with Crippen LogP contribution in [0.4, 0.5) is 0 Å². The van der Waals surface area contributed by atoms with Crippen LogP contribution in [0.25, 0.3) is 11.1 Å². The first-order valence-electron chi connectivity index (χ1n) is 13.2. The Labute approximate surface area is 228 Å². The highest BCUT2D eigenvalue weighted by Crippen LogP contribution is 2.51. The predicted octanol–water partition coefficient (Wildman–Crippen LogP) is 5.80. The first-order chi connectivity index (χ1) is 18.6. The Morgan fingerprint density at radius 3 is 2.26 bits per heavy atom. The molecule has 0 saturated carbocycles. The maximum atomic E-state index is 14.1. The molecule has 0 aliphatic heterocycles. The van der Waals surface area contributed by atoms with Crippen LogP contribution >= 0.6 is 11.8 Å². The lowest BCUT2D eigenvalue weighted by Crippen LogP contribution is -2.45. The van der Waals surface area contributed by atoms with Crippen LogP contribution in [0.2, 0.25) is 0 Å². The van der Waals surface area contributed by atoms with E-state index in [2.05, 4.69) is 76.2 Å². The zero-order chi connectivity index (χ0) is 26.4. The third kappa shape index (κ3) is 5.20. The third-order valence-corrected chi connectivity index (χ3v) is 8.53. The minimum atomic E-state index is -0.677. The van der Waals surface area contributed by atoms with Crippen LogP contribution < -0.4 is 10.1 Å². The lowest BCUT2D eigenvalue weighted by molar-refractivity contribution is -0.125. The molecule has 0 bridgehead atoms. The zero-order valence-corrected chi connectivity index (χ0v) is 22.8. The van der Waals surface area contributed by atoms with Gasteiger partial charge in [0.25, 0.3) is 0 Å². The number of carbonyl (C=O) groups is 1. The molecule has 1 N–H and O–H groups in total. The second-order valence-corrected chi connectivity index (χ2v) is 10.8. The van der Waals surface area contributed by atoms with Crippen molar-refractivity contribution in [3.8, 4) is 16.9 Å². The van der Waals surface area contributed by atoms with Crippen molar-refractivity contribution in [1.82, 2.24) is 20.1 Å². The summed E-state index contributed by atoms with van der Waals surface area (Å²) in [5.74, 6) is 1.92. The van der Waals surface area contributed by atoms with Gasteiger partial charge >= 0.3 is 0 Å². The minimum Gasteiger partial charge on any atom is -0.497 e. The normalized spacial score (nSPS) is 13.1. The summed E-state index contributed by atoms with van der Waals surface area (Å²) >= 11 is 1.73. The summed E-state index contributed by atoms with van der Waals surface area (Å²) in [6.45, 7) is 0.589. The second-order valence-electron chi connectivity index (χ2n) is 9.73. The first-order valence-corrected chi connectivity index (χ1v) is 14.2. The summed E-state index contributed by atoms with van der Waals surface area (Å²) < 4.78 is 7.21. The van der Waals surface area contributed by atoms with Crippen LogP contribution in [0.3, 0.4) is 0 Å². The van der Waals surface area contributed by atoms with Gasteiger partial charge in [-0.05, 0) is 59.2 Å². The van der Waals surface area contributed by atoms with E-state index in [1.807, 2.05) is 23.7 Å². The molecule has 0 atom stereocenters. The molecule has 0 radical (unpaired) electrons. The first kappa shape index (κ1) is 26.0. The number of nitrogens with zero attached hydrogens (tertiary/aromatic N) is 3. The van der Waals surface area contributed by atoms with Crippen molar-refractivity contribution in [2.45, 2.75) is 42.7 Å². The van der Waals surface area contributed by atoms with Crippen molar-refractivity contribution in [3.05, 3.63) is 95.8 Å². The Balaban J connectivity index is 1.30. The molecule has 6 nitrogen and oxygen atoms in total. The van der Waals surface area contributed by atoms with E-state index < -0.39 is 5.41 Å². The summed E-state index contributed by atoms with van der Waals surface area (Å²) in [7, 11) is 3.64. The highest BCUT2D eigenvalue weighted by atomic mass is 32.2. The van der Waals surface area contributed by atoms with Gasteiger partial charge in [0, 0.05) is 19.3 Å². The van der Waals surface area contributed by atoms with Crippen molar-refractivity contribution in [1.29, 1.82) is 0 Å². The largest absolute Gasteiger partial charge is 0.497 e. The molecule has 1 aliphatic rings. The maximum Gasteiger partial charge on any atom is 0.235 e. The monoisotopic (exact) mass is 526 g/mol. The third-order valence-electron chi connectivity index (χ3n) is 7.41. The fourth-order valence-electron chi connectivity index (χ4n) is 5.45. The van der Waals surface area contributed by atoms with E-state index in [1.54, 1.807) is 25.2 Å². The lowest BCUT2D eigenvalue weighted by Gasteiger charge is -2.31. The van der Waals surface area contributed by atoms with Crippen LogP contribution in [0.5, 0.6) is 5.75 Å². The molecule has 1 amide bonds. The molecule has 5 rings (SSSR count).